The van der Waals surface area contributed by atoms with Gasteiger partial charge in [-0.2, -0.15) is 0 Å². The molecule has 1 saturated heterocycles. The summed E-state index contributed by atoms with van der Waals surface area (Å²) in [5.41, 5.74) is 6.59. The predicted molar refractivity (Wildman–Crippen MR) is 92.4 cm³/mol. The van der Waals surface area contributed by atoms with Crippen molar-refractivity contribution in [2.45, 2.75) is 39.0 Å². The normalized spacial score (nSPS) is 15.1. The second kappa shape index (κ2) is 8.47. The minimum atomic E-state index is -0.287. The molecule has 6 nitrogen and oxygen atoms in total. The number of benzene rings is 1. The van der Waals surface area contributed by atoms with Crippen LogP contribution in [0.15, 0.2) is 24.3 Å². The minimum absolute atomic E-state index is 0.00977. The lowest BCUT2D eigenvalue weighted by molar-refractivity contribution is -0.123. The van der Waals surface area contributed by atoms with Gasteiger partial charge in [-0.05, 0) is 43.5 Å². The second-order valence-electron chi connectivity index (χ2n) is 6.20. The Kier molecular flexibility index (Phi) is 6.35. The molecule has 1 heterocycles. The Morgan fingerprint density at radius 1 is 1.17 bits per heavy atom. The van der Waals surface area contributed by atoms with Crippen LogP contribution in [0.1, 0.15) is 49.4 Å². The van der Waals surface area contributed by atoms with Gasteiger partial charge in [0.25, 0.3) is 5.91 Å². The van der Waals surface area contributed by atoms with Gasteiger partial charge < -0.3 is 16.0 Å². The van der Waals surface area contributed by atoms with Crippen molar-refractivity contribution in [3.63, 3.8) is 0 Å². The van der Waals surface area contributed by atoms with E-state index < -0.39 is 0 Å². The summed E-state index contributed by atoms with van der Waals surface area (Å²) in [5.74, 6) is -0.480. The van der Waals surface area contributed by atoms with Crippen molar-refractivity contribution in [3.05, 3.63) is 29.8 Å². The summed E-state index contributed by atoms with van der Waals surface area (Å²) in [4.78, 5) is 37.1. The molecule has 0 spiro atoms. The quantitative estimate of drug-likeness (QED) is 0.836. The highest BCUT2D eigenvalue weighted by atomic mass is 16.2. The van der Waals surface area contributed by atoms with Crippen LogP contribution in [-0.4, -0.2) is 35.7 Å². The second-order valence-corrected chi connectivity index (χ2v) is 6.20. The molecule has 0 saturated carbocycles. The number of rotatable bonds is 6. The van der Waals surface area contributed by atoms with Gasteiger partial charge >= 0.3 is 0 Å². The molecule has 1 aromatic rings. The number of carbonyl (C=O) groups excluding carboxylic acids is 3. The maximum atomic E-state index is 12.5. The van der Waals surface area contributed by atoms with Gasteiger partial charge in [-0.1, -0.05) is 13.3 Å². The summed E-state index contributed by atoms with van der Waals surface area (Å²) in [6, 6.07) is 6.93. The number of nitrogens with two attached hydrogens (primary N) is 1. The third-order valence-corrected chi connectivity index (χ3v) is 4.36. The first-order valence-corrected chi connectivity index (χ1v) is 8.49. The van der Waals surface area contributed by atoms with E-state index in [0.717, 1.165) is 12.8 Å². The minimum Gasteiger partial charge on any atom is -0.369 e. The molecule has 1 aromatic carbocycles. The third-order valence-electron chi connectivity index (χ3n) is 4.36. The van der Waals surface area contributed by atoms with Gasteiger partial charge in [-0.15, -0.1) is 0 Å². The van der Waals surface area contributed by atoms with Gasteiger partial charge in [0.1, 0.15) is 0 Å². The van der Waals surface area contributed by atoms with Gasteiger partial charge in [-0.25, -0.2) is 0 Å². The Balaban J connectivity index is 1.89. The van der Waals surface area contributed by atoms with Crippen LogP contribution in [0.2, 0.25) is 0 Å². The maximum absolute atomic E-state index is 12.5. The van der Waals surface area contributed by atoms with Crippen LogP contribution in [-0.2, 0) is 9.59 Å². The average molecular weight is 331 g/mol. The topological polar surface area (TPSA) is 92.5 Å². The lowest BCUT2D eigenvalue weighted by Crippen LogP contribution is -2.41. The Bertz CT molecular complexity index is 590. The third kappa shape index (κ3) is 4.81. The maximum Gasteiger partial charge on any atom is 0.253 e. The zero-order valence-electron chi connectivity index (χ0n) is 14.1. The predicted octanol–water partition coefficient (Wildman–Crippen LogP) is 2.15. The summed E-state index contributed by atoms with van der Waals surface area (Å²) < 4.78 is 0. The zero-order valence-corrected chi connectivity index (χ0v) is 14.1. The molecule has 6 heteroatoms. The highest BCUT2D eigenvalue weighted by molar-refractivity contribution is 5.96. The number of likely N-dealkylation sites (tertiary alicyclic amines) is 1. The lowest BCUT2D eigenvalue weighted by Gasteiger charge is -2.30. The molecule has 130 valence electrons. The standard InChI is InChI=1S/C18H25N3O3/c1-2-3-4-16(22)20-15-7-5-14(6-8-15)18(24)21-11-9-13(10-12-21)17(19)23/h5-8,13H,2-4,9-12H2,1H3,(H2,19,23)(H,20,22). The first-order chi connectivity index (χ1) is 11.5. The number of amides is 3. The van der Waals surface area contributed by atoms with E-state index in [1.54, 1.807) is 29.2 Å². The Morgan fingerprint density at radius 3 is 2.33 bits per heavy atom. The molecule has 3 amide bonds. The van der Waals surface area contributed by atoms with E-state index in [2.05, 4.69) is 5.32 Å². The van der Waals surface area contributed by atoms with Crippen molar-refractivity contribution in [2.75, 3.05) is 18.4 Å². The van der Waals surface area contributed by atoms with Crippen molar-refractivity contribution in [2.24, 2.45) is 11.7 Å². The number of unbranched alkanes of at least 4 members (excludes halogenated alkanes) is 1. The van der Waals surface area contributed by atoms with Gasteiger partial charge in [0.05, 0.1) is 0 Å². The fourth-order valence-corrected chi connectivity index (χ4v) is 2.81. The van der Waals surface area contributed by atoms with Crippen molar-refractivity contribution in [1.29, 1.82) is 0 Å². The summed E-state index contributed by atoms with van der Waals surface area (Å²) >= 11 is 0. The number of primary amides is 1. The molecule has 0 bridgehead atoms. The number of nitrogens with one attached hydrogen (secondary N) is 1. The largest absolute Gasteiger partial charge is 0.369 e. The average Bonchev–Trinajstić information content (AvgIpc) is 2.60. The molecule has 2 rings (SSSR count). The molecule has 3 N–H and O–H groups in total. The number of anilines is 1. The Labute approximate surface area is 142 Å². The molecule has 1 fully saturated rings. The number of hydrogen-bond donors (Lipinski definition) is 2. The smallest absolute Gasteiger partial charge is 0.253 e. The molecule has 0 radical (unpaired) electrons. The summed E-state index contributed by atoms with van der Waals surface area (Å²) in [6.45, 7) is 3.13. The van der Waals surface area contributed by atoms with Crippen LogP contribution in [0.3, 0.4) is 0 Å². The highest BCUT2D eigenvalue weighted by Crippen LogP contribution is 2.19. The Hall–Kier alpha value is -2.37. The SMILES string of the molecule is CCCCC(=O)Nc1ccc(C(=O)N2CCC(C(N)=O)CC2)cc1. The van der Waals surface area contributed by atoms with Crippen LogP contribution in [0.25, 0.3) is 0 Å². The fraction of sp³-hybridized carbons (Fsp3) is 0.500. The molecule has 0 atom stereocenters. The van der Waals surface area contributed by atoms with Crippen LogP contribution < -0.4 is 11.1 Å². The van der Waals surface area contributed by atoms with Crippen LogP contribution in [0, 0.1) is 5.92 Å². The molecule has 0 aliphatic carbocycles. The van der Waals surface area contributed by atoms with Crippen molar-refractivity contribution >= 4 is 23.4 Å². The van der Waals surface area contributed by atoms with Gasteiger partial charge in [0, 0.05) is 36.7 Å². The summed E-state index contributed by atoms with van der Waals surface area (Å²) in [7, 11) is 0. The molecule has 0 aromatic heterocycles. The van der Waals surface area contributed by atoms with Crippen LogP contribution in [0.4, 0.5) is 5.69 Å². The van der Waals surface area contributed by atoms with Gasteiger partial charge in [-0.3, -0.25) is 14.4 Å². The summed E-state index contributed by atoms with van der Waals surface area (Å²) in [6.07, 6.45) is 3.59. The molecule has 1 aliphatic heterocycles. The first-order valence-electron chi connectivity index (χ1n) is 8.49. The molecule has 24 heavy (non-hydrogen) atoms. The van der Waals surface area contributed by atoms with Gasteiger partial charge in [0.15, 0.2) is 0 Å². The van der Waals surface area contributed by atoms with E-state index in [1.165, 1.54) is 0 Å². The molecule has 0 unspecified atom stereocenters. The molecular weight excluding hydrogens is 306 g/mol. The van der Waals surface area contributed by atoms with E-state index in [4.69, 9.17) is 5.73 Å². The van der Waals surface area contributed by atoms with E-state index in [0.29, 0.717) is 43.6 Å². The highest BCUT2D eigenvalue weighted by Gasteiger charge is 2.26. The lowest BCUT2D eigenvalue weighted by atomic mass is 9.96. The van der Waals surface area contributed by atoms with E-state index >= 15 is 0 Å². The van der Waals surface area contributed by atoms with E-state index in [-0.39, 0.29) is 23.6 Å². The molecule has 1 aliphatic rings. The number of piperidine rings is 1. The Morgan fingerprint density at radius 2 is 1.79 bits per heavy atom. The number of nitrogens with zero attached hydrogens (tertiary/aromatic N) is 1. The van der Waals surface area contributed by atoms with Crippen molar-refractivity contribution in [3.8, 4) is 0 Å². The summed E-state index contributed by atoms with van der Waals surface area (Å²) in [5, 5.41) is 2.83. The van der Waals surface area contributed by atoms with Gasteiger partial charge in [0.2, 0.25) is 11.8 Å². The van der Waals surface area contributed by atoms with Crippen LogP contribution >= 0.6 is 0 Å². The van der Waals surface area contributed by atoms with Crippen molar-refractivity contribution in [1.82, 2.24) is 4.90 Å². The zero-order chi connectivity index (χ0) is 17.5. The van der Waals surface area contributed by atoms with Crippen molar-refractivity contribution < 1.29 is 14.4 Å². The van der Waals surface area contributed by atoms with E-state index in [1.807, 2.05) is 6.92 Å². The van der Waals surface area contributed by atoms with Crippen LogP contribution in [0.5, 0.6) is 0 Å². The fourth-order valence-electron chi connectivity index (χ4n) is 2.81. The molecular formula is C18H25N3O3. The van der Waals surface area contributed by atoms with E-state index in [9.17, 15) is 14.4 Å². The number of hydrogen-bond acceptors (Lipinski definition) is 3. The number of carbonyl (C=O) groups is 3. The first kappa shape index (κ1) is 18.0. The monoisotopic (exact) mass is 331 g/mol.